The van der Waals surface area contributed by atoms with Gasteiger partial charge in [-0.1, -0.05) is 0 Å². The van der Waals surface area contributed by atoms with E-state index in [0.29, 0.717) is 0 Å². The zero-order chi connectivity index (χ0) is 10.1. The van der Waals surface area contributed by atoms with Gasteiger partial charge < -0.3 is 4.42 Å². The number of thiophene rings is 1. The van der Waals surface area contributed by atoms with Gasteiger partial charge in [0.2, 0.25) is 0 Å². The van der Waals surface area contributed by atoms with Gasteiger partial charge in [0.05, 0.1) is 21.7 Å². The van der Waals surface area contributed by atoms with Crippen molar-refractivity contribution in [3.8, 4) is 0 Å². The molecule has 2 aromatic rings. The van der Waals surface area contributed by atoms with Crippen LogP contribution in [0.2, 0.25) is 0 Å². The molecule has 0 saturated heterocycles. The van der Waals surface area contributed by atoms with Crippen LogP contribution in [-0.2, 0) is 0 Å². The molecule has 0 radical (unpaired) electrons. The van der Waals surface area contributed by atoms with Crippen LogP contribution < -0.4 is 0 Å². The summed E-state index contributed by atoms with van der Waals surface area (Å²) in [4.78, 5) is 1.23. The lowest BCUT2D eigenvalue weighted by Gasteiger charge is -2.05. The minimum absolute atomic E-state index is 0.115. The topological polar surface area (TPSA) is 13.1 Å². The van der Waals surface area contributed by atoms with E-state index >= 15 is 0 Å². The van der Waals surface area contributed by atoms with Gasteiger partial charge in [0.25, 0.3) is 0 Å². The fourth-order valence-corrected chi connectivity index (χ4v) is 3.47. The number of alkyl halides is 1. The van der Waals surface area contributed by atoms with E-state index in [1.165, 1.54) is 4.88 Å². The summed E-state index contributed by atoms with van der Waals surface area (Å²) < 4.78 is 6.12. The normalized spacial score (nSPS) is 13.1. The lowest BCUT2D eigenvalue weighted by Crippen LogP contribution is -1.90. The standard InChI is InChI=1S/C10H8BrClOS/c1-6-8(4-9(11)14-6)10(12)7-2-3-13-5-7/h2-5,10H,1H3. The highest BCUT2D eigenvalue weighted by atomic mass is 79.9. The van der Waals surface area contributed by atoms with Crippen molar-refractivity contribution in [1.29, 1.82) is 0 Å². The third kappa shape index (κ3) is 1.90. The minimum Gasteiger partial charge on any atom is -0.472 e. The van der Waals surface area contributed by atoms with Crippen molar-refractivity contribution < 1.29 is 4.42 Å². The average molecular weight is 292 g/mol. The molecule has 2 rings (SSSR count). The van der Waals surface area contributed by atoms with E-state index in [4.69, 9.17) is 16.0 Å². The molecule has 0 aliphatic rings. The molecule has 1 nitrogen and oxygen atoms in total. The molecular formula is C10H8BrClOS. The number of furan rings is 1. The predicted molar refractivity (Wildman–Crippen MR) is 63.2 cm³/mol. The number of hydrogen-bond donors (Lipinski definition) is 0. The first-order valence-corrected chi connectivity index (χ1v) is 6.15. The summed E-state index contributed by atoms with van der Waals surface area (Å²) in [6, 6.07) is 3.95. The Hall–Kier alpha value is -0.250. The summed E-state index contributed by atoms with van der Waals surface area (Å²) in [5.74, 6) is 0. The van der Waals surface area contributed by atoms with Crippen LogP contribution in [0.15, 0.2) is 32.9 Å². The van der Waals surface area contributed by atoms with Crippen LogP contribution in [0.1, 0.15) is 21.4 Å². The van der Waals surface area contributed by atoms with Crippen LogP contribution in [0.3, 0.4) is 0 Å². The van der Waals surface area contributed by atoms with Gasteiger partial charge in [0, 0.05) is 10.4 Å². The Balaban J connectivity index is 2.36. The van der Waals surface area contributed by atoms with Gasteiger partial charge in [-0.2, -0.15) is 0 Å². The third-order valence-electron chi connectivity index (χ3n) is 2.03. The Morgan fingerprint density at radius 2 is 2.36 bits per heavy atom. The smallest absolute Gasteiger partial charge is 0.0952 e. The maximum atomic E-state index is 6.32. The maximum Gasteiger partial charge on any atom is 0.0952 e. The molecule has 1 atom stereocenters. The zero-order valence-electron chi connectivity index (χ0n) is 7.46. The Morgan fingerprint density at radius 3 is 2.86 bits per heavy atom. The van der Waals surface area contributed by atoms with Crippen molar-refractivity contribution >= 4 is 38.9 Å². The molecule has 0 saturated carbocycles. The predicted octanol–water partition coefficient (Wildman–Crippen LogP) is 4.74. The first-order chi connectivity index (χ1) is 6.68. The molecule has 0 aromatic carbocycles. The minimum atomic E-state index is -0.115. The number of rotatable bonds is 2. The monoisotopic (exact) mass is 290 g/mol. The lowest BCUT2D eigenvalue weighted by atomic mass is 10.1. The van der Waals surface area contributed by atoms with Gasteiger partial charge in [0.15, 0.2) is 0 Å². The Morgan fingerprint density at radius 1 is 1.57 bits per heavy atom. The highest BCUT2D eigenvalue weighted by molar-refractivity contribution is 9.11. The van der Waals surface area contributed by atoms with Crippen molar-refractivity contribution in [3.05, 3.63) is 44.4 Å². The molecule has 0 fully saturated rings. The zero-order valence-corrected chi connectivity index (χ0v) is 10.6. The highest BCUT2D eigenvalue weighted by Crippen LogP contribution is 2.37. The van der Waals surface area contributed by atoms with Crippen LogP contribution in [-0.4, -0.2) is 0 Å². The van der Waals surface area contributed by atoms with Gasteiger partial charge in [0.1, 0.15) is 0 Å². The second-order valence-electron chi connectivity index (χ2n) is 2.98. The summed E-state index contributed by atoms with van der Waals surface area (Å²) in [5, 5.41) is -0.115. The molecule has 0 N–H and O–H groups in total. The van der Waals surface area contributed by atoms with Crippen LogP contribution in [0, 0.1) is 6.92 Å². The van der Waals surface area contributed by atoms with Gasteiger partial charge in [-0.05, 0) is 40.5 Å². The molecule has 74 valence electrons. The molecule has 0 aliphatic carbocycles. The van der Waals surface area contributed by atoms with E-state index < -0.39 is 0 Å². The Labute approximate surface area is 99.8 Å². The lowest BCUT2D eigenvalue weighted by molar-refractivity contribution is 0.564. The molecule has 14 heavy (non-hydrogen) atoms. The van der Waals surface area contributed by atoms with E-state index in [2.05, 4.69) is 28.9 Å². The molecule has 0 amide bonds. The first kappa shape index (κ1) is 10.3. The summed E-state index contributed by atoms with van der Waals surface area (Å²) >= 11 is 11.5. The Kier molecular flexibility index (Phi) is 3.00. The average Bonchev–Trinajstić information content (AvgIpc) is 2.73. The van der Waals surface area contributed by atoms with Gasteiger partial charge in [-0.15, -0.1) is 22.9 Å². The molecule has 1 unspecified atom stereocenters. The van der Waals surface area contributed by atoms with Crippen LogP contribution in [0.5, 0.6) is 0 Å². The highest BCUT2D eigenvalue weighted by Gasteiger charge is 2.16. The summed E-state index contributed by atoms with van der Waals surface area (Å²) in [6.07, 6.45) is 3.32. The summed E-state index contributed by atoms with van der Waals surface area (Å²) in [5.41, 5.74) is 2.14. The second kappa shape index (κ2) is 4.09. The molecule has 2 aromatic heterocycles. The molecule has 0 spiro atoms. The molecule has 2 heterocycles. The number of hydrogen-bond acceptors (Lipinski definition) is 2. The quantitative estimate of drug-likeness (QED) is 0.728. The van der Waals surface area contributed by atoms with Crippen molar-refractivity contribution in [1.82, 2.24) is 0 Å². The molecule has 0 aliphatic heterocycles. The maximum absolute atomic E-state index is 6.32. The SMILES string of the molecule is Cc1sc(Br)cc1C(Cl)c1ccoc1. The number of halogens is 2. The van der Waals surface area contributed by atoms with Gasteiger partial charge in [-0.25, -0.2) is 0 Å². The Bertz CT molecular complexity index is 421. The van der Waals surface area contributed by atoms with Crippen molar-refractivity contribution in [2.75, 3.05) is 0 Å². The van der Waals surface area contributed by atoms with Gasteiger partial charge >= 0.3 is 0 Å². The number of aryl methyl sites for hydroxylation is 1. The fraction of sp³-hybridized carbons (Fsp3) is 0.200. The summed E-state index contributed by atoms with van der Waals surface area (Å²) in [7, 11) is 0. The molecule has 0 bridgehead atoms. The van der Waals surface area contributed by atoms with Crippen LogP contribution >= 0.6 is 38.9 Å². The largest absolute Gasteiger partial charge is 0.472 e. The van der Waals surface area contributed by atoms with E-state index in [1.807, 2.05) is 6.07 Å². The van der Waals surface area contributed by atoms with Crippen molar-refractivity contribution in [2.45, 2.75) is 12.3 Å². The van der Waals surface area contributed by atoms with Crippen molar-refractivity contribution in [3.63, 3.8) is 0 Å². The van der Waals surface area contributed by atoms with Crippen molar-refractivity contribution in [2.24, 2.45) is 0 Å². The molecular weight excluding hydrogens is 284 g/mol. The van der Waals surface area contributed by atoms with E-state index in [1.54, 1.807) is 23.9 Å². The fourth-order valence-electron chi connectivity index (χ4n) is 1.31. The van der Waals surface area contributed by atoms with E-state index in [9.17, 15) is 0 Å². The first-order valence-electron chi connectivity index (χ1n) is 4.10. The van der Waals surface area contributed by atoms with Gasteiger partial charge in [-0.3, -0.25) is 0 Å². The van der Waals surface area contributed by atoms with E-state index in [0.717, 1.165) is 14.9 Å². The summed E-state index contributed by atoms with van der Waals surface area (Å²) in [6.45, 7) is 2.07. The van der Waals surface area contributed by atoms with Crippen LogP contribution in [0.25, 0.3) is 0 Å². The third-order valence-corrected chi connectivity index (χ3v) is 4.09. The molecule has 4 heteroatoms. The second-order valence-corrected chi connectivity index (χ2v) is 6.05. The van der Waals surface area contributed by atoms with E-state index in [-0.39, 0.29) is 5.38 Å². The van der Waals surface area contributed by atoms with Crippen LogP contribution in [0.4, 0.5) is 0 Å².